The second kappa shape index (κ2) is 6.70. The van der Waals surface area contributed by atoms with E-state index < -0.39 is 5.82 Å². The number of halogens is 1. The average Bonchev–Trinajstić information content (AvgIpc) is 2.47. The molecule has 1 aliphatic rings. The summed E-state index contributed by atoms with van der Waals surface area (Å²) < 4.78 is 24.4. The van der Waals surface area contributed by atoms with Gasteiger partial charge in [-0.15, -0.1) is 0 Å². The van der Waals surface area contributed by atoms with Crippen LogP contribution in [-0.4, -0.2) is 43.7 Å². The van der Waals surface area contributed by atoms with Crippen molar-refractivity contribution in [3.8, 4) is 5.75 Å². The maximum Gasteiger partial charge on any atom is 0.256 e. The summed E-state index contributed by atoms with van der Waals surface area (Å²) in [4.78, 5) is 14.0. The molecule has 5 heteroatoms. The summed E-state index contributed by atoms with van der Waals surface area (Å²) in [5.41, 5.74) is 0.0861. The van der Waals surface area contributed by atoms with Crippen LogP contribution in [0.15, 0.2) is 18.2 Å². The number of hydrogen-bond donors (Lipinski definition) is 0. The van der Waals surface area contributed by atoms with Crippen LogP contribution >= 0.6 is 0 Å². The first-order valence-corrected chi connectivity index (χ1v) is 6.90. The Hall–Kier alpha value is -1.62. The number of rotatable bonds is 4. The topological polar surface area (TPSA) is 38.8 Å². The normalized spacial score (nSPS) is 18.9. The maximum atomic E-state index is 13.9. The number of hydrogen-bond acceptors (Lipinski definition) is 3. The zero-order chi connectivity index (χ0) is 14.5. The van der Waals surface area contributed by atoms with Crippen molar-refractivity contribution in [3.63, 3.8) is 0 Å². The van der Waals surface area contributed by atoms with E-state index in [2.05, 4.69) is 0 Å². The molecule has 2 rings (SSSR count). The third-order valence-corrected chi connectivity index (χ3v) is 3.47. The van der Waals surface area contributed by atoms with Crippen LogP contribution in [0, 0.1) is 5.82 Å². The first kappa shape index (κ1) is 14.8. The van der Waals surface area contributed by atoms with Gasteiger partial charge in [-0.05, 0) is 31.9 Å². The van der Waals surface area contributed by atoms with Gasteiger partial charge in [0, 0.05) is 25.8 Å². The molecule has 0 spiro atoms. The molecule has 1 amide bonds. The van der Waals surface area contributed by atoms with Gasteiger partial charge in [-0.3, -0.25) is 4.79 Å². The summed E-state index contributed by atoms with van der Waals surface area (Å²) in [5, 5.41) is 0. The fraction of sp³-hybridized carbons (Fsp3) is 0.533. The fourth-order valence-corrected chi connectivity index (χ4v) is 2.46. The Morgan fingerprint density at radius 1 is 1.50 bits per heavy atom. The highest BCUT2D eigenvalue weighted by molar-refractivity contribution is 5.94. The van der Waals surface area contributed by atoms with Crippen LogP contribution in [0.1, 0.15) is 30.1 Å². The highest BCUT2D eigenvalue weighted by Crippen LogP contribution is 2.20. The predicted molar refractivity (Wildman–Crippen MR) is 73.5 cm³/mol. The Morgan fingerprint density at radius 3 is 2.95 bits per heavy atom. The van der Waals surface area contributed by atoms with Crippen molar-refractivity contribution in [2.45, 2.75) is 25.9 Å². The van der Waals surface area contributed by atoms with Crippen molar-refractivity contribution in [1.82, 2.24) is 4.90 Å². The number of piperidine rings is 1. The van der Waals surface area contributed by atoms with Crippen LogP contribution in [-0.2, 0) is 4.74 Å². The lowest BCUT2D eigenvalue weighted by atomic mass is 10.1. The average molecular weight is 281 g/mol. The van der Waals surface area contributed by atoms with E-state index in [-0.39, 0.29) is 17.6 Å². The van der Waals surface area contributed by atoms with Crippen molar-refractivity contribution >= 4 is 5.91 Å². The van der Waals surface area contributed by atoms with Crippen LogP contribution < -0.4 is 4.74 Å². The van der Waals surface area contributed by atoms with Gasteiger partial charge in [-0.25, -0.2) is 4.39 Å². The summed E-state index contributed by atoms with van der Waals surface area (Å²) in [6.07, 6.45) is 1.88. The largest absolute Gasteiger partial charge is 0.497 e. The third kappa shape index (κ3) is 3.28. The van der Waals surface area contributed by atoms with Gasteiger partial charge in [0.1, 0.15) is 11.6 Å². The molecule has 1 aromatic rings. The van der Waals surface area contributed by atoms with Crippen LogP contribution in [0.2, 0.25) is 0 Å². The Balaban J connectivity index is 2.10. The predicted octanol–water partition coefficient (Wildman–Crippen LogP) is 2.48. The van der Waals surface area contributed by atoms with E-state index in [0.717, 1.165) is 12.8 Å². The maximum absolute atomic E-state index is 13.9. The Kier molecular flexibility index (Phi) is 4.95. The highest BCUT2D eigenvalue weighted by atomic mass is 19.1. The Labute approximate surface area is 118 Å². The van der Waals surface area contributed by atoms with Crippen molar-refractivity contribution in [2.75, 3.05) is 26.8 Å². The molecule has 0 aliphatic carbocycles. The Morgan fingerprint density at radius 2 is 2.30 bits per heavy atom. The van der Waals surface area contributed by atoms with Gasteiger partial charge in [-0.2, -0.15) is 0 Å². The van der Waals surface area contributed by atoms with E-state index in [1.54, 1.807) is 11.0 Å². The van der Waals surface area contributed by atoms with Gasteiger partial charge in [0.25, 0.3) is 5.91 Å². The van der Waals surface area contributed by atoms with Crippen molar-refractivity contribution in [1.29, 1.82) is 0 Å². The van der Waals surface area contributed by atoms with E-state index in [1.807, 2.05) is 6.92 Å². The smallest absolute Gasteiger partial charge is 0.256 e. The molecule has 1 aliphatic heterocycles. The summed E-state index contributed by atoms with van der Waals surface area (Å²) in [6, 6.07) is 4.30. The molecule has 1 saturated heterocycles. The molecule has 1 atom stereocenters. The minimum Gasteiger partial charge on any atom is -0.497 e. The van der Waals surface area contributed by atoms with E-state index in [0.29, 0.717) is 25.4 Å². The summed E-state index contributed by atoms with van der Waals surface area (Å²) in [5.74, 6) is -0.424. The molecule has 0 radical (unpaired) electrons. The highest BCUT2D eigenvalue weighted by Gasteiger charge is 2.26. The van der Waals surface area contributed by atoms with Crippen molar-refractivity contribution in [3.05, 3.63) is 29.6 Å². The number of ether oxygens (including phenoxy) is 2. The Bertz CT molecular complexity index is 476. The molecule has 4 nitrogen and oxygen atoms in total. The molecule has 0 saturated carbocycles. The number of carbonyl (C=O) groups is 1. The first-order valence-electron chi connectivity index (χ1n) is 6.90. The SMILES string of the molecule is CCOC1CCCN(C(=O)c2ccc(OC)cc2F)C1. The van der Waals surface area contributed by atoms with Crippen molar-refractivity contribution in [2.24, 2.45) is 0 Å². The van der Waals surface area contributed by atoms with Gasteiger partial charge >= 0.3 is 0 Å². The number of carbonyl (C=O) groups excluding carboxylic acids is 1. The molecular weight excluding hydrogens is 261 g/mol. The second-order valence-corrected chi connectivity index (χ2v) is 4.82. The quantitative estimate of drug-likeness (QED) is 0.851. The zero-order valence-electron chi connectivity index (χ0n) is 11.9. The number of methoxy groups -OCH3 is 1. The summed E-state index contributed by atoms with van der Waals surface area (Å²) in [7, 11) is 1.47. The standard InChI is InChI=1S/C15H20FNO3/c1-3-20-12-5-4-8-17(10-12)15(18)13-7-6-11(19-2)9-14(13)16/h6-7,9,12H,3-5,8,10H2,1-2H3. The number of likely N-dealkylation sites (tertiary alicyclic amines) is 1. The molecule has 0 bridgehead atoms. The minimum absolute atomic E-state index is 0.0546. The molecule has 1 unspecified atom stereocenters. The second-order valence-electron chi connectivity index (χ2n) is 4.82. The molecule has 1 fully saturated rings. The van der Waals surface area contributed by atoms with Crippen LogP contribution in [0.25, 0.3) is 0 Å². The number of nitrogens with zero attached hydrogens (tertiary/aromatic N) is 1. The molecular formula is C15H20FNO3. The van der Waals surface area contributed by atoms with E-state index >= 15 is 0 Å². The summed E-state index contributed by atoms with van der Waals surface area (Å²) in [6.45, 7) is 3.74. The van der Waals surface area contributed by atoms with Gasteiger partial charge in [-0.1, -0.05) is 0 Å². The molecule has 0 aromatic heterocycles. The molecule has 20 heavy (non-hydrogen) atoms. The monoisotopic (exact) mass is 281 g/mol. The van der Waals surface area contributed by atoms with E-state index in [9.17, 15) is 9.18 Å². The molecule has 110 valence electrons. The first-order chi connectivity index (χ1) is 9.65. The van der Waals surface area contributed by atoms with E-state index in [4.69, 9.17) is 9.47 Å². The van der Waals surface area contributed by atoms with Crippen LogP contribution in [0.4, 0.5) is 4.39 Å². The van der Waals surface area contributed by atoms with Gasteiger partial charge in [0.15, 0.2) is 0 Å². The molecule has 1 aromatic carbocycles. The lowest BCUT2D eigenvalue weighted by Gasteiger charge is -2.32. The van der Waals surface area contributed by atoms with Gasteiger partial charge in [0.05, 0.1) is 18.8 Å². The molecule has 0 N–H and O–H groups in total. The van der Waals surface area contributed by atoms with Crippen LogP contribution in [0.5, 0.6) is 5.75 Å². The van der Waals surface area contributed by atoms with Gasteiger partial charge < -0.3 is 14.4 Å². The third-order valence-electron chi connectivity index (χ3n) is 3.47. The lowest BCUT2D eigenvalue weighted by molar-refractivity contribution is 0.00707. The fourth-order valence-electron chi connectivity index (χ4n) is 2.46. The summed E-state index contributed by atoms with van der Waals surface area (Å²) >= 11 is 0. The zero-order valence-corrected chi connectivity index (χ0v) is 11.9. The van der Waals surface area contributed by atoms with Crippen LogP contribution in [0.3, 0.4) is 0 Å². The van der Waals surface area contributed by atoms with E-state index in [1.165, 1.54) is 19.2 Å². The molecule has 1 heterocycles. The van der Waals surface area contributed by atoms with Crippen molar-refractivity contribution < 1.29 is 18.7 Å². The lowest BCUT2D eigenvalue weighted by Crippen LogP contribution is -2.43. The number of amides is 1. The number of benzene rings is 1. The minimum atomic E-state index is -0.548. The van der Waals surface area contributed by atoms with Gasteiger partial charge in [0.2, 0.25) is 0 Å².